The molecule has 0 aromatic heterocycles. The second-order valence-corrected chi connectivity index (χ2v) is 6.06. The number of halogens is 2. The molecule has 3 heteroatoms. The molecule has 0 heterocycles. The number of aryl methyl sites for hydroxylation is 1. The van der Waals surface area contributed by atoms with Crippen LogP contribution in [0.25, 0.3) is 0 Å². The summed E-state index contributed by atoms with van der Waals surface area (Å²) < 4.78 is 5.23. The van der Waals surface area contributed by atoms with E-state index in [4.69, 9.17) is 16.3 Å². The molecule has 0 bridgehead atoms. The van der Waals surface area contributed by atoms with Crippen LogP contribution in [0.5, 0.6) is 5.75 Å². The van der Waals surface area contributed by atoms with Crippen molar-refractivity contribution >= 4 is 27.5 Å². The van der Waals surface area contributed by atoms with Crippen molar-refractivity contribution in [3.05, 3.63) is 64.2 Å². The lowest BCUT2D eigenvalue weighted by Gasteiger charge is -2.14. The molecule has 2 rings (SSSR count). The Balaban J connectivity index is 2.15. The van der Waals surface area contributed by atoms with Crippen LogP contribution in [0.3, 0.4) is 0 Å². The summed E-state index contributed by atoms with van der Waals surface area (Å²) in [4.78, 5) is 0.291. The topological polar surface area (TPSA) is 9.23 Å². The minimum absolute atomic E-state index is 0.291. The highest BCUT2D eigenvalue weighted by Gasteiger charge is 2.11. The maximum atomic E-state index is 5.90. The predicted octanol–water partition coefficient (Wildman–Crippen LogP) is 5.34. The number of hydrogen-bond donors (Lipinski definition) is 0. The van der Waals surface area contributed by atoms with E-state index in [0.29, 0.717) is 4.83 Å². The van der Waals surface area contributed by atoms with Crippen molar-refractivity contribution in [2.75, 3.05) is 7.11 Å². The summed E-state index contributed by atoms with van der Waals surface area (Å²) in [5.41, 5.74) is 3.78. The van der Waals surface area contributed by atoms with Gasteiger partial charge in [0.05, 0.1) is 7.11 Å². The van der Waals surface area contributed by atoms with Crippen molar-refractivity contribution < 1.29 is 4.74 Å². The van der Waals surface area contributed by atoms with Crippen molar-refractivity contribution in [1.82, 2.24) is 0 Å². The second-order valence-electron chi connectivity index (χ2n) is 4.52. The number of hydrogen-bond acceptors (Lipinski definition) is 1. The standard InChI is InChI=1S/C16H16BrClO/c1-11-9-14(19-2)7-8-15(11)16(17)10-12-3-5-13(18)6-4-12/h3-9,16H,10H2,1-2H3. The van der Waals surface area contributed by atoms with Crippen LogP contribution in [-0.2, 0) is 6.42 Å². The van der Waals surface area contributed by atoms with Crippen molar-refractivity contribution in [3.63, 3.8) is 0 Å². The zero-order valence-electron chi connectivity index (χ0n) is 11.0. The molecule has 0 saturated carbocycles. The van der Waals surface area contributed by atoms with Gasteiger partial charge in [-0.25, -0.2) is 0 Å². The van der Waals surface area contributed by atoms with Gasteiger partial charge in [-0.1, -0.05) is 45.7 Å². The summed E-state index contributed by atoms with van der Waals surface area (Å²) in [6.07, 6.45) is 0.935. The Hall–Kier alpha value is -0.990. The van der Waals surface area contributed by atoms with Gasteiger partial charge < -0.3 is 4.74 Å². The van der Waals surface area contributed by atoms with Crippen LogP contribution >= 0.6 is 27.5 Å². The van der Waals surface area contributed by atoms with Crippen LogP contribution in [-0.4, -0.2) is 7.11 Å². The zero-order valence-corrected chi connectivity index (χ0v) is 13.3. The van der Waals surface area contributed by atoms with E-state index in [0.717, 1.165) is 17.2 Å². The van der Waals surface area contributed by atoms with Crippen molar-refractivity contribution in [3.8, 4) is 5.75 Å². The first kappa shape index (κ1) is 14.4. The monoisotopic (exact) mass is 338 g/mol. The molecule has 0 amide bonds. The molecule has 0 spiro atoms. The molecule has 1 atom stereocenters. The fourth-order valence-corrected chi connectivity index (χ4v) is 3.08. The van der Waals surface area contributed by atoms with E-state index in [1.54, 1.807) is 7.11 Å². The molecule has 100 valence electrons. The van der Waals surface area contributed by atoms with Gasteiger partial charge in [-0.15, -0.1) is 0 Å². The largest absolute Gasteiger partial charge is 0.497 e. The Morgan fingerprint density at radius 1 is 1.16 bits per heavy atom. The Morgan fingerprint density at radius 2 is 1.84 bits per heavy atom. The zero-order chi connectivity index (χ0) is 13.8. The molecule has 0 N–H and O–H groups in total. The lowest BCUT2D eigenvalue weighted by molar-refractivity contribution is 0.414. The molecule has 2 aromatic rings. The Morgan fingerprint density at radius 3 is 2.42 bits per heavy atom. The highest BCUT2D eigenvalue weighted by molar-refractivity contribution is 9.09. The number of methoxy groups -OCH3 is 1. The van der Waals surface area contributed by atoms with E-state index in [2.05, 4.69) is 47.1 Å². The first-order valence-corrected chi connectivity index (χ1v) is 7.42. The SMILES string of the molecule is COc1ccc(C(Br)Cc2ccc(Cl)cc2)c(C)c1. The van der Waals surface area contributed by atoms with Gasteiger partial charge in [0.2, 0.25) is 0 Å². The summed E-state index contributed by atoms with van der Waals surface area (Å²) in [5, 5.41) is 0.774. The van der Waals surface area contributed by atoms with Gasteiger partial charge in [-0.05, 0) is 54.3 Å². The Bertz CT molecular complexity index is 551. The lowest BCUT2D eigenvalue weighted by atomic mass is 10.0. The normalized spacial score (nSPS) is 12.2. The van der Waals surface area contributed by atoms with Gasteiger partial charge in [0.1, 0.15) is 5.75 Å². The maximum absolute atomic E-state index is 5.90. The van der Waals surface area contributed by atoms with Gasteiger partial charge in [-0.3, -0.25) is 0 Å². The molecule has 2 aromatic carbocycles. The van der Waals surface area contributed by atoms with E-state index in [1.165, 1.54) is 16.7 Å². The van der Waals surface area contributed by atoms with Gasteiger partial charge in [0.15, 0.2) is 0 Å². The minimum atomic E-state index is 0.291. The lowest BCUT2D eigenvalue weighted by Crippen LogP contribution is -1.98. The average molecular weight is 340 g/mol. The fraction of sp³-hybridized carbons (Fsp3) is 0.250. The molecular formula is C16H16BrClO. The number of alkyl halides is 1. The van der Waals surface area contributed by atoms with Gasteiger partial charge in [0.25, 0.3) is 0 Å². The molecule has 19 heavy (non-hydrogen) atoms. The Kier molecular flexibility index (Phi) is 4.89. The molecule has 1 unspecified atom stereocenters. The summed E-state index contributed by atoms with van der Waals surface area (Å²) in [6.45, 7) is 2.11. The first-order chi connectivity index (χ1) is 9.10. The highest BCUT2D eigenvalue weighted by atomic mass is 79.9. The van der Waals surface area contributed by atoms with E-state index in [9.17, 15) is 0 Å². The van der Waals surface area contributed by atoms with Crippen LogP contribution in [0.2, 0.25) is 5.02 Å². The highest BCUT2D eigenvalue weighted by Crippen LogP contribution is 2.31. The van der Waals surface area contributed by atoms with E-state index >= 15 is 0 Å². The summed E-state index contributed by atoms with van der Waals surface area (Å²) in [5.74, 6) is 0.896. The fourth-order valence-electron chi connectivity index (χ4n) is 2.06. The van der Waals surface area contributed by atoms with Crippen LogP contribution in [0, 0.1) is 6.92 Å². The predicted molar refractivity (Wildman–Crippen MR) is 84.6 cm³/mol. The van der Waals surface area contributed by atoms with Crippen molar-refractivity contribution in [2.24, 2.45) is 0 Å². The van der Waals surface area contributed by atoms with Crippen LogP contribution in [0.1, 0.15) is 21.5 Å². The molecule has 0 aliphatic rings. The molecule has 0 aliphatic carbocycles. The third kappa shape index (κ3) is 3.74. The summed E-state index contributed by atoms with van der Waals surface area (Å²) in [7, 11) is 1.69. The van der Waals surface area contributed by atoms with Crippen LogP contribution in [0.4, 0.5) is 0 Å². The smallest absolute Gasteiger partial charge is 0.119 e. The third-order valence-electron chi connectivity index (χ3n) is 3.14. The third-order valence-corrected chi connectivity index (χ3v) is 4.21. The second kappa shape index (κ2) is 6.44. The van der Waals surface area contributed by atoms with Gasteiger partial charge in [0, 0.05) is 9.85 Å². The van der Waals surface area contributed by atoms with Crippen molar-refractivity contribution in [2.45, 2.75) is 18.2 Å². The van der Waals surface area contributed by atoms with E-state index in [1.807, 2.05) is 18.2 Å². The summed E-state index contributed by atoms with van der Waals surface area (Å²) in [6, 6.07) is 14.2. The molecule has 0 saturated heterocycles. The number of rotatable bonds is 4. The first-order valence-electron chi connectivity index (χ1n) is 6.13. The van der Waals surface area contributed by atoms with Crippen molar-refractivity contribution in [1.29, 1.82) is 0 Å². The molecule has 0 aliphatic heterocycles. The molecule has 0 radical (unpaired) electrons. The molecule has 0 fully saturated rings. The maximum Gasteiger partial charge on any atom is 0.119 e. The van der Waals surface area contributed by atoms with Gasteiger partial charge >= 0.3 is 0 Å². The summed E-state index contributed by atoms with van der Waals surface area (Å²) >= 11 is 9.66. The molecule has 1 nitrogen and oxygen atoms in total. The van der Waals surface area contributed by atoms with Crippen LogP contribution < -0.4 is 4.74 Å². The minimum Gasteiger partial charge on any atom is -0.497 e. The number of benzene rings is 2. The van der Waals surface area contributed by atoms with E-state index < -0.39 is 0 Å². The molecular weight excluding hydrogens is 324 g/mol. The van der Waals surface area contributed by atoms with E-state index in [-0.39, 0.29) is 0 Å². The quantitative estimate of drug-likeness (QED) is 0.684. The number of ether oxygens (including phenoxy) is 1. The van der Waals surface area contributed by atoms with Crippen LogP contribution in [0.15, 0.2) is 42.5 Å². The Labute approximate surface area is 127 Å². The van der Waals surface area contributed by atoms with Gasteiger partial charge in [-0.2, -0.15) is 0 Å². The average Bonchev–Trinajstić information content (AvgIpc) is 2.41.